The molecular formula is C20H33IN4O. The number of hydrogen-bond donors (Lipinski definition) is 1. The van der Waals surface area contributed by atoms with Gasteiger partial charge in [-0.25, -0.2) is 0 Å². The number of halogens is 1. The van der Waals surface area contributed by atoms with Crippen molar-refractivity contribution in [2.75, 3.05) is 45.9 Å². The van der Waals surface area contributed by atoms with E-state index < -0.39 is 0 Å². The van der Waals surface area contributed by atoms with Gasteiger partial charge >= 0.3 is 0 Å². The minimum absolute atomic E-state index is 0. The Morgan fingerprint density at radius 3 is 2.58 bits per heavy atom. The zero-order chi connectivity index (χ0) is 17.6. The van der Waals surface area contributed by atoms with E-state index in [0.717, 1.165) is 39.4 Å². The summed E-state index contributed by atoms with van der Waals surface area (Å²) in [5.74, 6) is 1.41. The molecule has 2 atom stereocenters. The molecule has 0 saturated carbocycles. The number of likely N-dealkylation sites (tertiary alicyclic amines) is 1. The molecule has 0 spiro atoms. The first-order chi connectivity index (χ1) is 12.1. The van der Waals surface area contributed by atoms with Gasteiger partial charge in [-0.2, -0.15) is 0 Å². The lowest BCUT2D eigenvalue weighted by Crippen LogP contribution is -2.44. The standard InChI is InChI=1S/C20H32N4O.HI/c1-16-5-7-18(8-6-16)19(23-10-12-25-13-11-23)14-22-20(21)24-9-3-4-17(2)15-24;/h5-8,17,19H,3-4,9-15H2,1-2H3,(H2,21,22);1H. The number of guanidine groups is 1. The van der Waals surface area contributed by atoms with Crippen molar-refractivity contribution in [1.29, 1.82) is 0 Å². The van der Waals surface area contributed by atoms with Crippen LogP contribution in [-0.4, -0.2) is 61.7 Å². The smallest absolute Gasteiger partial charge is 0.191 e. The fourth-order valence-electron chi connectivity index (χ4n) is 3.79. The monoisotopic (exact) mass is 472 g/mol. The van der Waals surface area contributed by atoms with Gasteiger partial charge in [0.05, 0.1) is 25.8 Å². The number of aryl methyl sites for hydroxylation is 1. The highest BCUT2D eigenvalue weighted by Gasteiger charge is 2.23. The van der Waals surface area contributed by atoms with Crippen molar-refractivity contribution in [3.63, 3.8) is 0 Å². The number of morpholine rings is 1. The van der Waals surface area contributed by atoms with Gasteiger partial charge in [0.25, 0.3) is 0 Å². The van der Waals surface area contributed by atoms with E-state index in [1.165, 1.54) is 24.0 Å². The van der Waals surface area contributed by atoms with Gasteiger partial charge in [0.2, 0.25) is 0 Å². The van der Waals surface area contributed by atoms with Crippen LogP contribution in [-0.2, 0) is 4.74 Å². The van der Waals surface area contributed by atoms with Crippen molar-refractivity contribution in [2.45, 2.75) is 32.7 Å². The molecular weight excluding hydrogens is 439 g/mol. The average Bonchev–Trinajstić information content (AvgIpc) is 2.64. The molecule has 1 aromatic rings. The van der Waals surface area contributed by atoms with Gasteiger partial charge < -0.3 is 15.4 Å². The van der Waals surface area contributed by atoms with Gasteiger partial charge in [-0.05, 0) is 31.2 Å². The van der Waals surface area contributed by atoms with Gasteiger partial charge in [0.1, 0.15) is 0 Å². The number of nitrogens with two attached hydrogens (primary N) is 1. The van der Waals surface area contributed by atoms with E-state index in [1.807, 2.05) is 0 Å². The number of rotatable bonds is 4. The van der Waals surface area contributed by atoms with Crippen LogP contribution < -0.4 is 5.73 Å². The summed E-state index contributed by atoms with van der Waals surface area (Å²) in [6.45, 7) is 10.7. The molecule has 2 aliphatic heterocycles. The second-order valence-electron chi connectivity index (χ2n) is 7.47. The predicted octanol–water partition coefficient (Wildman–Crippen LogP) is 3.03. The van der Waals surface area contributed by atoms with Crippen LogP contribution in [0, 0.1) is 12.8 Å². The Kier molecular flexibility index (Phi) is 8.63. The maximum Gasteiger partial charge on any atom is 0.191 e. The highest BCUT2D eigenvalue weighted by molar-refractivity contribution is 14.0. The van der Waals surface area contributed by atoms with Crippen LogP contribution in [0.25, 0.3) is 0 Å². The second-order valence-corrected chi connectivity index (χ2v) is 7.47. The molecule has 0 radical (unpaired) electrons. The number of hydrogen-bond acceptors (Lipinski definition) is 3. The third kappa shape index (κ3) is 5.82. The molecule has 2 saturated heterocycles. The summed E-state index contributed by atoms with van der Waals surface area (Å²) in [5.41, 5.74) is 8.93. The summed E-state index contributed by atoms with van der Waals surface area (Å²) in [4.78, 5) is 9.52. The molecule has 3 rings (SSSR count). The molecule has 2 unspecified atom stereocenters. The largest absolute Gasteiger partial charge is 0.379 e. The van der Waals surface area contributed by atoms with Crippen molar-refractivity contribution >= 4 is 29.9 Å². The van der Waals surface area contributed by atoms with E-state index in [2.05, 4.69) is 47.9 Å². The van der Waals surface area contributed by atoms with Crippen molar-refractivity contribution in [3.05, 3.63) is 35.4 Å². The van der Waals surface area contributed by atoms with Gasteiger partial charge in [-0.15, -0.1) is 24.0 Å². The first-order valence-electron chi connectivity index (χ1n) is 9.56. The SMILES string of the molecule is Cc1ccc(C(CN=C(N)N2CCCC(C)C2)N2CCOCC2)cc1.I. The molecule has 26 heavy (non-hydrogen) atoms. The van der Waals surface area contributed by atoms with Crippen LogP contribution in [0.15, 0.2) is 29.3 Å². The summed E-state index contributed by atoms with van der Waals surface area (Å²) < 4.78 is 5.53. The Bertz CT molecular complexity index is 572. The van der Waals surface area contributed by atoms with Crippen LogP contribution in [0.5, 0.6) is 0 Å². The third-order valence-electron chi connectivity index (χ3n) is 5.36. The lowest BCUT2D eigenvalue weighted by Gasteiger charge is -2.35. The Morgan fingerprint density at radius 2 is 1.92 bits per heavy atom. The molecule has 5 nitrogen and oxygen atoms in total. The lowest BCUT2D eigenvalue weighted by molar-refractivity contribution is 0.0179. The van der Waals surface area contributed by atoms with Gasteiger partial charge in [0.15, 0.2) is 5.96 Å². The van der Waals surface area contributed by atoms with Crippen LogP contribution in [0.1, 0.15) is 36.9 Å². The second kappa shape index (κ2) is 10.5. The minimum atomic E-state index is 0. The van der Waals surface area contributed by atoms with Gasteiger partial charge in [-0.1, -0.05) is 36.8 Å². The molecule has 0 aliphatic carbocycles. The Hall–Kier alpha value is -0.860. The van der Waals surface area contributed by atoms with E-state index in [4.69, 9.17) is 15.5 Å². The first kappa shape index (κ1) is 21.4. The minimum Gasteiger partial charge on any atom is -0.379 e. The molecule has 6 heteroatoms. The van der Waals surface area contributed by atoms with Crippen molar-refractivity contribution in [2.24, 2.45) is 16.6 Å². The summed E-state index contributed by atoms with van der Waals surface area (Å²) in [6.07, 6.45) is 2.51. The molecule has 0 aromatic heterocycles. The van der Waals surface area contributed by atoms with E-state index in [-0.39, 0.29) is 30.0 Å². The van der Waals surface area contributed by atoms with Gasteiger partial charge in [0, 0.05) is 26.2 Å². The number of ether oxygens (including phenoxy) is 1. The number of piperidine rings is 1. The average molecular weight is 472 g/mol. The Labute approximate surface area is 175 Å². The van der Waals surface area contributed by atoms with E-state index in [0.29, 0.717) is 18.4 Å². The molecule has 2 aliphatic rings. The van der Waals surface area contributed by atoms with Crippen LogP contribution in [0.4, 0.5) is 0 Å². The summed E-state index contributed by atoms with van der Waals surface area (Å²) in [6, 6.07) is 9.09. The fourth-order valence-corrected chi connectivity index (χ4v) is 3.79. The zero-order valence-electron chi connectivity index (χ0n) is 16.1. The van der Waals surface area contributed by atoms with Crippen molar-refractivity contribution < 1.29 is 4.74 Å². The fraction of sp³-hybridized carbons (Fsp3) is 0.650. The number of nitrogens with zero attached hydrogens (tertiary/aromatic N) is 3. The Balaban J connectivity index is 0.00000243. The maximum atomic E-state index is 6.32. The summed E-state index contributed by atoms with van der Waals surface area (Å²) in [5, 5.41) is 0. The molecule has 0 bridgehead atoms. The van der Waals surface area contributed by atoms with Gasteiger partial charge in [-0.3, -0.25) is 9.89 Å². The van der Waals surface area contributed by atoms with Crippen LogP contribution in [0.2, 0.25) is 0 Å². The normalized spacial score (nSPS) is 23.4. The molecule has 2 N–H and O–H groups in total. The molecule has 2 heterocycles. The van der Waals surface area contributed by atoms with E-state index in [1.54, 1.807) is 0 Å². The zero-order valence-corrected chi connectivity index (χ0v) is 18.4. The maximum absolute atomic E-state index is 6.32. The van der Waals surface area contributed by atoms with E-state index >= 15 is 0 Å². The number of benzene rings is 1. The Morgan fingerprint density at radius 1 is 1.23 bits per heavy atom. The highest BCUT2D eigenvalue weighted by atomic mass is 127. The molecule has 0 amide bonds. The van der Waals surface area contributed by atoms with E-state index in [9.17, 15) is 0 Å². The quantitative estimate of drug-likeness (QED) is 0.416. The molecule has 146 valence electrons. The van der Waals surface area contributed by atoms with Crippen molar-refractivity contribution in [3.8, 4) is 0 Å². The topological polar surface area (TPSA) is 54.1 Å². The summed E-state index contributed by atoms with van der Waals surface area (Å²) >= 11 is 0. The molecule has 1 aromatic carbocycles. The molecule has 2 fully saturated rings. The highest BCUT2D eigenvalue weighted by Crippen LogP contribution is 2.23. The van der Waals surface area contributed by atoms with Crippen molar-refractivity contribution in [1.82, 2.24) is 9.80 Å². The predicted molar refractivity (Wildman–Crippen MR) is 118 cm³/mol. The van der Waals surface area contributed by atoms with Crippen LogP contribution >= 0.6 is 24.0 Å². The first-order valence-corrected chi connectivity index (χ1v) is 9.56. The lowest BCUT2D eigenvalue weighted by atomic mass is 10.0. The number of aliphatic imine (C=N–C) groups is 1. The van der Waals surface area contributed by atoms with Crippen LogP contribution in [0.3, 0.4) is 0 Å². The third-order valence-corrected chi connectivity index (χ3v) is 5.36. The summed E-state index contributed by atoms with van der Waals surface area (Å²) in [7, 11) is 0.